The summed E-state index contributed by atoms with van der Waals surface area (Å²) < 4.78 is 31.7. The molecule has 2 bridgehead atoms. The van der Waals surface area contributed by atoms with Crippen molar-refractivity contribution in [3.05, 3.63) is 57.0 Å². The van der Waals surface area contributed by atoms with Gasteiger partial charge in [-0.1, -0.05) is 23.7 Å². The molecule has 1 amide bonds. The fourth-order valence-electron chi connectivity index (χ4n) is 6.46. The van der Waals surface area contributed by atoms with Gasteiger partial charge in [-0.25, -0.2) is 0 Å². The predicted molar refractivity (Wildman–Crippen MR) is 132 cm³/mol. The summed E-state index contributed by atoms with van der Waals surface area (Å²) >= 11 is 6.32. The number of pyridine rings is 1. The maximum atomic E-state index is 13.6. The zero-order chi connectivity index (χ0) is 25.4. The van der Waals surface area contributed by atoms with Gasteiger partial charge in [0, 0.05) is 36.9 Å². The van der Waals surface area contributed by atoms with Crippen molar-refractivity contribution in [3.63, 3.8) is 0 Å². The number of rotatable bonds is 8. The van der Waals surface area contributed by atoms with Crippen molar-refractivity contribution in [3.8, 4) is 5.75 Å². The highest BCUT2D eigenvalue weighted by molar-refractivity contribution is 6.32. The van der Waals surface area contributed by atoms with Crippen LogP contribution in [0.3, 0.4) is 0 Å². The molecule has 7 rings (SSSR count). The number of nitrogens with one attached hydrogen (secondary N) is 2. The van der Waals surface area contributed by atoms with Crippen LogP contribution in [0.25, 0.3) is 0 Å². The van der Waals surface area contributed by atoms with E-state index in [1.54, 1.807) is 35.9 Å². The number of carbonyl (C=O) groups is 1. The quantitative estimate of drug-likeness (QED) is 0.551. The summed E-state index contributed by atoms with van der Waals surface area (Å²) in [6.45, 7) is 0.725. The number of likely N-dealkylation sites (tertiary alicyclic amines) is 1. The minimum absolute atomic E-state index is 0.0257. The number of halogens is 3. The topological polar surface area (TPSA) is 75.6 Å². The predicted octanol–water partition coefficient (Wildman–Crippen LogP) is 4.08. The van der Waals surface area contributed by atoms with E-state index in [9.17, 15) is 18.4 Å². The lowest BCUT2D eigenvalue weighted by molar-refractivity contribution is -0.0914. The normalized spacial score (nSPS) is 30.7. The molecule has 2 N–H and O–H groups in total. The molecule has 2 unspecified atom stereocenters. The lowest BCUT2D eigenvalue weighted by Crippen LogP contribution is -2.62. The Morgan fingerprint density at radius 3 is 2.53 bits per heavy atom. The molecule has 0 radical (unpaired) electrons. The summed E-state index contributed by atoms with van der Waals surface area (Å²) in [5.41, 5.74) is 1.15. The average Bonchev–Trinajstić information content (AvgIpc) is 3.18. The first-order valence-electron chi connectivity index (χ1n) is 12.4. The van der Waals surface area contributed by atoms with Crippen molar-refractivity contribution in [1.29, 1.82) is 0 Å². The number of anilines is 1. The lowest BCUT2D eigenvalue weighted by atomic mass is 9.49. The van der Waals surface area contributed by atoms with Crippen LogP contribution in [0.15, 0.2) is 35.3 Å². The average molecular weight is 519 g/mol. The van der Waals surface area contributed by atoms with E-state index in [0.717, 1.165) is 32.4 Å². The molecule has 5 fully saturated rings. The standard InChI is InChI=1S/C26H29ClF2N4O3/c1-13(15-4-3-5-20(22(15)27)36-25(28)29)30-24(35)18-12-33(26-7-14(8-26)9-26)21(34)6-19(18)31-23-16-10-32(2)11-17(16)23/h3-6,12-14,16-17,23,25,31H,7-11H2,1-2H3,(H,30,35)/t13-,14?,16?,17?,23?,26?/m1/s1. The molecule has 192 valence electrons. The monoisotopic (exact) mass is 518 g/mol. The van der Waals surface area contributed by atoms with E-state index in [4.69, 9.17) is 11.6 Å². The van der Waals surface area contributed by atoms with Crippen LogP contribution in [-0.2, 0) is 5.54 Å². The Bertz CT molecular complexity index is 1260. The number of piperidine rings is 1. The van der Waals surface area contributed by atoms with Gasteiger partial charge in [-0.3, -0.25) is 9.59 Å². The van der Waals surface area contributed by atoms with E-state index in [1.165, 1.54) is 6.07 Å². The first-order chi connectivity index (χ1) is 17.1. The molecule has 7 nitrogen and oxygen atoms in total. The van der Waals surface area contributed by atoms with Gasteiger partial charge in [-0.2, -0.15) is 8.78 Å². The molecule has 10 heteroatoms. The third kappa shape index (κ3) is 3.87. The number of nitrogens with zero attached hydrogens (tertiary/aromatic N) is 2. The zero-order valence-corrected chi connectivity index (χ0v) is 20.9. The van der Waals surface area contributed by atoms with Crippen molar-refractivity contribution >= 4 is 23.2 Å². The van der Waals surface area contributed by atoms with Gasteiger partial charge in [0.05, 0.1) is 22.3 Å². The summed E-state index contributed by atoms with van der Waals surface area (Å²) in [4.78, 5) is 28.9. The van der Waals surface area contributed by atoms with E-state index in [0.29, 0.717) is 34.6 Å². The van der Waals surface area contributed by atoms with E-state index < -0.39 is 12.7 Å². The number of hydrogen-bond donors (Lipinski definition) is 2. The van der Waals surface area contributed by atoms with Crippen molar-refractivity contribution in [2.75, 3.05) is 25.5 Å². The number of hydrogen-bond acceptors (Lipinski definition) is 5. The Labute approximate surface area is 212 Å². The molecular weight excluding hydrogens is 490 g/mol. The Morgan fingerprint density at radius 2 is 1.92 bits per heavy atom. The van der Waals surface area contributed by atoms with E-state index in [1.807, 2.05) is 0 Å². The molecule has 2 heterocycles. The zero-order valence-electron chi connectivity index (χ0n) is 20.1. The molecule has 36 heavy (non-hydrogen) atoms. The molecular formula is C26H29ClF2N4O3. The molecule has 4 aliphatic carbocycles. The third-order valence-corrected chi connectivity index (χ3v) is 8.94. The smallest absolute Gasteiger partial charge is 0.387 e. The van der Waals surface area contributed by atoms with Crippen LogP contribution in [0.5, 0.6) is 5.75 Å². The van der Waals surface area contributed by atoms with Gasteiger partial charge < -0.3 is 24.8 Å². The summed E-state index contributed by atoms with van der Waals surface area (Å²) in [6.07, 6.45) is 4.62. The Balaban J connectivity index is 1.27. The minimum atomic E-state index is -3.00. The molecule has 3 atom stereocenters. The second kappa shape index (κ2) is 8.45. The SMILES string of the molecule is C[C@@H](NC(=O)c1cn(C23CC(C2)C3)c(=O)cc1NC1C2CN(C)CC21)c1cccc(OC(F)F)c1Cl. The van der Waals surface area contributed by atoms with Crippen molar-refractivity contribution < 1.29 is 18.3 Å². The third-order valence-electron chi connectivity index (χ3n) is 8.54. The second-order valence-corrected chi connectivity index (χ2v) is 11.3. The van der Waals surface area contributed by atoms with Gasteiger partial charge in [-0.15, -0.1) is 0 Å². The van der Waals surface area contributed by atoms with E-state index in [-0.39, 0.29) is 33.8 Å². The van der Waals surface area contributed by atoms with Crippen LogP contribution >= 0.6 is 11.6 Å². The summed E-state index contributed by atoms with van der Waals surface area (Å²) in [7, 11) is 2.10. The maximum absolute atomic E-state index is 13.6. The Hall–Kier alpha value is -2.65. The van der Waals surface area contributed by atoms with Gasteiger partial charge in [0.15, 0.2) is 0 Å². The number of ether oxygens (including phenoxy) is 1. The van der Waals surface area contributed by atoms with Gasteiger partial charge in [-0.05, 0) is 62.6 Å². The van der Waals surface area contributed by atoms with Crippen LogP contribution < -0.4 is 20.9 Å². The molecule has 0 spiro atoms. The van der Waals surface area contributed by atoms with Gasteiger partial charge >= 0.3 is 6.61 Å². The summed E-state index contributed by atoms with van der Waals surface area (Å²) in [5.74, 6) is 1.21. The molecule has 1 aromatic carbocycles. The number of benzene rings is 1. The molecule has 2 aromatic rings. The van der Waals surface area contributed by atoms with Crippen molar-refractivity contribution in [2.45, 2.75) is 50.4 Å². The first kappa shape index (κ1) is 23.7. The number of carbonyl (C=O) groups excluding carboxylic acids is 1. The summed E-state index contributed by atoms with van der Waals surface area (Å²) in [5, 5.41) is 6.45. The van der Waals surface area contributed by atoms with E-state index >= 15 is 0 Å². The maximum Gasteiger partial charge on any atom is 0.387 e. The van der Waals surface area contributed by atoms with Crippen LogP contribution in [0.1, 0.15) is 48.1 Å². The fraction of sp³-hybridized carbons (Fsp3) is 0.538. The first-order valence-corrected chi connectivity index (χ1v) is 12.8. The van der Waals surface area contributed by atoms with Gasteiger partial charge in [0.25, 0.3) is 11.5 Å². The van der Waals surface area contributed by atoms with Crippen LogP contribution in [0.4, 0.5) is 14.5 Å². The highest BCUT2D eigenvalue weighted by atomic mass is 35.5. The number of fused-ring (bicyclic) bond motifs is 1. The number of aromatic nitrogens is 1. The summed E-state index contributed by atoms with van der Waals surface area (Å²) in [6, 6.07) is 5.80. The van der Waals surface area contributed by atoms with Crippen LogP contribution in [-0.4, -0.2) is 48.2 Å². The number of alkyl halides is 2. The van der Waals surface area contributed by atoms with Crippen LogP contribution in [0.2, 0.25) is 5.02 Å². The minimum Gasteiger partial charge on any atom is -0.433 e. The molecule has 4 saturated carbocycles. The lowest BCUT2D eigenvalue weighted by Gasteiger charge is -2.62. The van der Waals surface area contributed by atoms with Crippen molar-refractivity contribution in [1.82, 2.24) is 14.8 Å². The fourth-order valence-corrected chi connectivity index (χ4v) is 6.80. The largest absolute Gasteiger partial charge is 0.433 e. The highest BCUT2D eigenvalue weighted by Gasteiger charge is 2.58. The van der Waals surface area contributed by atoms with Gasteiger partial charge in [0.2, 0.25) is 0 Å². The van der Waals surface area contributed by atoms with Crippen LogP contribution in [0, 0.1) is 17.8 Å². The Morgan fingerprint density at radius 1 is 1.22 bits per heavy atom. The second-order valence-electron chi connectivity index (χ2n) is 11.0. The van der Waals surface area contributed by atoms with Crippen molar-refractivity contribution in [2.24, 2.45) is 17.8 Å². The van der Waals surface area contributed by atoms with E-state index in [2.05, 4.69) is 27.3 Å². The highest BCUT2D eigenvalue weighted by Crippen LogP contribution is 2.61. The Kier molecular flexibility index (Phi) is 5.57. The molecule has 1 aromatic heterocycles. The van der Waals surface area contributed by atoms with Gasteiger partial charge in [0.1, 0.15) is 5.75 Å². The molecule has 1 saturated heterocycles. The molecule has 5 aliphatic rings. The number of amides is 1. The molecule has 1 aliphatic heterocycles.